The minimum Gasteiger partial charge on any atom is -0.495 e. The summed E-state index contributed by atoms with van der Waals surface area (Å²) in [5, 5.41) is 0.760. The van der Waals surface area contributed by atoms with Gasteiger partial charge in [0.15, 0.2) is 6.29 Å². The summed E-state index contributed by atoms with van der Waals surface area (Å²) in [6, 6.07) is 24.9. The van der Waals surface area contributed by atoms with Crippen LogP contribution in [0.5, 0.6) is 0 Å². The normalized spacial score (nSPS) is 23.3. The Bertz CT molecular complexity index is 1190. The molecule has 3 aromatic carbocycles. The number of rotatable bonds is 9. The lowest BCUT2D eigenvalue weighted by Gasteiger charge is -2.41. The van der Waals surface area contributed by atoms with Crippen LogP contribution in [0.4, 0.5) is 0 Å². The average Bonchev–Trinajstić information content (AvgIpc) is 2.95. The molecule has 1 saturated heterocycles. The van der Waals surface area contributed by atoms with E-state index < -0.39 is 6.29 Å². The molecule has 2 heterocycles. The zero-order valence-electron chi connectivity index (χ0n) is 21.6. The van der Waals surface area contributed by atoms with Gasteiger partial charge in [-0.2, -0.15) is 0 Å². The topological polar surface area (TPSA) is 36.9 Å². The van der Waals surface area contributed by atoms with E-state index in [4.69, 9.17) is 30.5 Å². The molecule has 4 nitrogen and oxygen atoms in total. The third kappa shape index (κ3) is 6.27. The first kappa shape index (κ1) is 26.0. The quantitative estimate of drug-likeness (QED) is 0.271. The predicted molar refractivity (Wildman–Crippen MR) is 147 cm³/mol. The second-order valence-electron chi connectivity index (χ2n) is 9.70. The van der Waals surface area contributed by atoms with E-state index in [2.05, 4.69) is 50.3 Å². The highest BCUT2D eigenvalue weighted by molar-refractivity contribution is 6.31. The van der Waals surface area contributed by atoms with Crippen molar-refractivity contribution in [3.05, 3.63) is 117 Å². The van der Waals surface area contributed by atoms with Crippen molar-refractivity contribution in [2.24, 2.45) is 0 Å². The third-order valence-corrected chi connectivity index (χ3v) is 7.37. The zero-order chi connectivity index (χ0) is 25.6. The second kappa shape index (κ2) is 12.3. The predicted octanol–water partition coefficient (Wildman–Crippen LogP) is 7.75. The summed E-state index contributed by atoms with van der Waals surface area (Å²) in [6.45, 7) is 5.41. The maximum absolute atomic E-state index is 6.62. The van der Waals surface area contributed by atoms with Crippen LogP contribution in [0.15, 0.2) is 84.6 Å². The summed E-state index contributed by atoms with van der Waals surface area (Å²) < 4.78 is 25.3. The van der Waals surface area contributed by atoms with E-state index in [0.717, 1.165) is 53.2 Å². The Morgan fingerprint density at radius 3 is 2.43 bits per heavy atom. The monoisotopic (exact) mass is 518 g/mol. The number of ether oxygens (including phenoxy) is 4. The summed E-state index contributed by atoms with van der Waals surface area (Å²) in [5.41, 5.74) is 5.69. The highest BCUT2D eigenvalue weighted by Crippen LogP contribution is 2.39. The number of benzene rings is 3. The molecule has 0 aromatic heterocycles. The van der Waals surface area contributed by atoms with Gasteiger partial charge < -0.3 is 18.9 Å². The van der Waals surface area contributed by atoms with Gasteiger partial charge in [-0.05, 0) is 53.7 Å². The molecular weight excluding hydrogens is 484 g/mol. The largest absolute Gasteiger partial charge is 0.495 e. The molecule has 2 aliphatic heterocycles. The molecule has 5 rings (SSSR count). The molecule has 0 spiro atoms. The molecule has 0 radical (unpaired) electrons. The second-order valence-corrected chi connectivity index (χ2v) is 10.1. The van der Waals surface area contributed by atoms with E-state index in [9.17, 15) is 0 Å². The highest BCUT2D eigenvalue weighted by Gasteiger charge is 2.41. The molecule has 3 aromatic rings. The van der Waals surface area contributed by atoms with E-state index in [0.29, 0.717) is 13.2 Å². The van der Waals surface area contributed by atoms with Gasteiger partial charge in [0, 0.05) is 10.6 Å². The van der Waals surface area contributed by atoms with Gasteiger partial charge in [0.2, 0.25) is 0 Å². The van der Waals surface area contributed by atoms with Crippen molar-refractivity contribution in [3.63, 3.8) is 0 Å². The molecule has 0 saturated carbocycles. The van der Waals surface area contributed by atoms with E-state index in [1.807, 2.05) is 42.5 Å². The van der Waals surface area contributed by atoms with Crippen LogP contribution in [0.25, 0.3) is 0 Å². The Morgan fingerprint density at radius 1 is 0.892 bits per heavy atom. The smallest absolute Gasteiger partial charge is 0.184 e. The van der Waals surface area contributed by atoms with Crippen LogP contribution in [-0.2, 0) is 31.8 Å². The number of aryl methyl sites for hydroxylation is 1. The first-order valence-electron chi connectivity index (χ1n) is 13.3. The highest BCUT2D eigenvalue weighted by atomic mass is 35.5. The van der Waals surface area contributed by atoms with Crippen molar-refractivity contribution in [2.45, 2.75) is 64.1 Å². The first-order valence-corrected chi connectivity index (χ1v) is 13.7. The van der Waals surface area contributed by atoms with Gasteiger partial charge in [-0.1, -0.05) is 98.6 Å². The minimum atomic E-state index is -0.443. The lowest BCUT2D eigenvalue weighted by atomic mass is 9.96. The molecular formula is C32H35ClO4. The molecule has 37 heavy (non-hydrogen) atoms. The van der Waals surface area contributed by atoms with Crippen molar-refractivity contribution in [3.8, 4) is 0 Å². The third-order valence-electron chi connectivity index (χ3n) is 7.00. The molecule has 4 atom stereocenters. The van der Waals surface area contributed by atoms with E-state index in [1.165, 1.54) is 11.1 Å². The molecule has 0 bridgehead atoms. The molecule has 5 heteroatoms. The van der Waals surface area contributed by atoms with Crippen LogP contribution in [0.3, 0.4) is 0 Å². The Balaban J connectivity index is 1.38. The summed E-state index contributed by atoms with van der Waals surface area (Å²) in [5.74, 6) is 0.825. The average molecular weight is 519 g/mol. The number of hydrogen-bond acceptors (Lipinski definition) is 4. The Morgan fingerprint density at radius 2 is 1.68 bits per heavy atom. The van der Waals surface area contributed by atoms with Gasteiger partial charge in [-0.25, -0.2) is 0 Å². The maximum Gasteiger partial charge on any atom is 0.184 e. The van der Waals surface area contributed by atoms with Crippen LogP contribution < -0.4 is 0 Å². The first-order chi connectivity index (χ1) is 18.1. The van der Waals surface area contributed by atoms with Crippen LogP contribution in [0.2, 0.25) is 5.02 Å². The lowest BCUT2D eigenvalue weighted by molar-refractivity contribution is -0.274. The fraction of sp³-hybridized carbons (Fsp3) is 0.375. The minimum absolute atomic E-state index is 0.257. The standard InChI is InChI=1S/C32H35ClO4/c1-3-5-17-34-29-20-28(36-30-21-35-32(37-31(29)30)24-9-7-6-8-10-24)25-15-16-27(33)26(19-25)18-23-13-11-22(4-2)12-14-23/h6-16,19-20,28,30-32H,3-5,17-18,21H2,1-2H3. The van der Waals surface area contributed by atoms with Crippen molar-refractivity contribution >= 4 is 11.6 Å². The molecule has 2 aliphatic rings. The zero-order valence-corrected chi connectivity index (χ0v) is 22.3. The summed E-state index contributed by atoms with van der Waals surface area (Å²) >= 11 is 6.62. The van der Waals surface area contributed by atoms with Crippen molar-refractivity contribution < 1.29 is 18.9 Å². The van der Waals surface area contributed by atoms with Crippen molar-refractivity contribution in [2.75, 3.05) is 13.2 Å². The van der Waals surface area contributed by atoms with Crippen molar-refractivity contribution in [1.29, 1.82) is 0 Å². The molecule has 0 aliphatic carbocycles. The molecule has 0 N–H and O–H groups in total. The van der Waals surface area contributed by atoms with Gasteiger partial charge in [-0.3, -0.25) is 0 Å². The van der Waals surface area contributed by atoms with E-state index in [-0.39, 0.29) is 18.3 Å². The van der Waals surface area contributed by atoms with Gasteiger partial charge in [-0.15, -0.1) is 0 Å². The van der Waals surface area contributed by atoms with Gasteiger partial charge in [0.05, 0.1) is 13.2 Å². The number of fused-ring (bicyclic) bond motifs is 1. The van der Waals surface area contributed by atoms with Crippen LogP contribution in [-0.4, -0.2) is 25.4 Å². The van der Waals surface area contributed by atoms with Crippen molar-refractivity contribution in [1.82, 2.24) is 0 Å². The summed E-state index contributed by atoms with van der Waals surface area (Å²) in [7, 11) is 0. The fourth-order valence-electron chi connectivity index (χ4n) is 4.81. The van der Waals surface area contributed by atoms with E-state index >= 15 is 0 Å². The summed E-state index contributed by atoms with van der Waals surface area (Å²) in [4.78, 5) is 0. The number of hydrogen-bond donors (Lipinski definition) is 0. The van der Waals surface area contributed by atoms with Gasteiger partial charge >= 0.3 is 0 Å². The van der Waals surface area contributed by atoms with Crippen LogP contribution >= 0.6 is 11.6 Å². The van der Waals surface area contributed by atoms with Crippen LogP contribution in [0.1, 0.15) is 66.9 Å². The number of halogens is 1. The fourth-order valence-corrected chi connectivity index (χ4v) is 4.99. The van der Waals surface area contributed by atoms with Crippen LogP contribution in [0, 0.1) is 0 Å². The lowest BCUT2D eigenvalue weighted by Crippen LogP contribution is -2.46. The molecule has 0 amide bonds. The Hall–Kier alpha value is -2.63. The van der Waals surface area contributed by atoms with Gasteiger partial charge in [0.25, 0.3) is 0 Å². The van der Waals surface area contributed by atoms with E-state index in [1.54, 1.807) is 0 Å². The number of unbranched alkanes of at least 4 members (excludes halogenated alkanes) is 1. The van der Waals surface area contributed by atoms with Gasteiger partial charge in [0.1, 0.15) is 24.1 Å². The maximum atomic E-state index is 6.62. The molecule has 1 fully saturated rings. The molecule has 194 valence electrons. The SMILES string of the molecule is CCCCOC1=CC(c2ccc(Cl)c(Cc3ccc(CC)cc3)c2)OC2COC(c3ccccc3)OC12. The summed E-state index contributed by atoms with van der Waals surface area (Å²) in [6.07, 6.45) is 4.64. The Labute approximate surface area is 225 Å². The Kier molecular flexibility index (Phi) is 8.62. The molecule has 4 unspecified atom stereocenters.